The van der Waals surface area contributed by atoms with Crippen LogP contribution in [0, 0.1) is 0 Å². The zero-order valence-corrected chi connectivity index (χ0v) is 18.1. The van der Waals surface area contributed by atoms with Crippen molar-refractivity contribution in [2.75, 3.05) is 18.4 Å². The fourth-order valence-electron chi connectivity index (χ4n) is 3.88. The van der Waals surface area contributed by atoms with Gasteiger partial charge in [0.05, 0.1) is 17.6 Å². The van der Waals surface area contributed by atoms with Crippen LogP contribution in [-0.2, 0) is 17.8 Å². The molecule has 31 heavy (non-hydrogen) atoms. The van der Waals surface area contributed by atoms with Crippen LogP contribution in [0.1, 0.15) is 25.0 Å². The third-order valence-corrected chi connectivity index (χ3v) is 5.58. The van der Waals surface area contributed by atoms with Crippen molar-refractivity contribution >= 4 is 22.5 Å². The Hall–Kier alpha value is -3.60. The third kappa shape index (κ3) is 4.77. The van der Waals surface area contributed by atoms with E-state index < -0.39 is 0 Å². The fraction of sp³-hybridized carbons (Fsp3) is 0.231. The zero-order valence-electron chi connectivity index (χ0n) is 18.1. The maximum atomic E-state index is 12.7. The van der Waals surface area contributed by atoms with Crippen molar-refractivity contribution < 1.29 is 4.79 Å². The maximum Gasteiger partial charge on any atom is 0.226 e. The Morgan fingerprint density at radius 3 is 2.42 bits per heavy atom. The summed E-state index contributed by atoms with van der Waals surface area (Å²) in [6, 6.07) is 20.7. The first-order valence-corrected chi connectivity index (χ1v) is 10.8. The smallest absolute Gasteiger partial charge is 0.226 e. The van der Waals surface area contributed by atoms with Gasteiger partial charge in [0, 0.05) is 43.1 Å². The third-order valence-electron chi connectivity index (χ3n) is 5.58. The molecule has 158 valence electrons. The van der Waals surface area contributed by atoms with Crippen LogP contribution < -0.4 is 5.32 Å². The summed E-state index contributed by atoms with van der Waals surface area (Å²) >= 11 is 0. The number of anilines is 1. The number of H-pyrrole nitrogens is 1. The van der Waals surface area contributed by atoms with Crippen LogP contribution in [0.25, 0.3) is 22.2 Å². The first-order valence-electron chi connectivity index (χ1n) is 10.8. The van der Waals surface area contributed by atoms with E-state index in [9.17, 15) is 4.79 Å². The van der Waals surface area contributed by atoms with E-state index in [-0.39, 0.29) is 5.91 Å². The Labute approximate surface area is 183 Å². The molecule has 0 unspecified atom stereocenters. The molecule has 0 aliphatic rings. The molecule has 5 heteroatoms. The molecule has 2 N–H and O–H groups in total. The van der Waals surface area contributed by atoms with E-state index in [1.807, 2.05) is 49.1 Å². The van der Waals surface area contributed by atoms with Gasteiger partial charge in [-0.3, -0.25) is 9.78 Å². The second-order valence-electron chi connectivity index (χ2n) is 7.61. The highest BCUT2D eigenvalue weighted by Crippen LogP contribution is 2.31. The molecule has 2 aromatic carbocycles. The van der Waals surface area contributed by atoms with Gasteiger partial charge in [0.1, 0.15) is 0 Å². The molecule has 0 aliphatic carbocycles. The van der Waals surface area contributed by atoms with Crippen molar-refractivity contribution in [3.63, 3.8) is 0 Å². The molecular weight excluding hydrogens is 384 g/mol. The molecule has 0 atom stereocenters. The van der Waals surface area contributed by atoms with Crippen LogP contribution >= 0.6 is 0 Å². The predicted molar refractivity (Wildman–Crippen MR) is 127 cm³/mol. The van der Waals surface area contributed by atoms with Crippen molar-refractivity contribution in [1.29, 1.82) is 0 Å². The number of hydrogen-bond acceptors (Lipinski definition) is 3. The minimum absolute atomic E-state index is 0.156. The van der Waals surface area contributed by atoms with Crippen molar-refractivity contribution in [2.45, 2.75) is 26.8 Å². The summed E-state index contributed by atoms with van der Waals surface area (Å²) in [6.07, 6.45) is 4.00. The Kier molecular flexibility index (Phi) is 6.32. The lowest BCUT2D eigenvalue weighted by molar-refractivity contribution is -0.130. The predicted octanol–water partition coefficient (Wildman–Crippen LogP) is 5.25. The number of nitrogens with one attached hydrogen (secondary N) is 2. The molecule has 4 rings (SSSR count). The second-order valence-corrected chi connectivity index (χ2v) is 7.61. The highest BCUT2D eigenvalue weighted by Gasteiger charge is 2.14. The standard InChI is InChI=1S/C26H28N4O/c1-3-30(4-2)25(31)16-20-14-22-17-23(21-8-6-5-7-9-21)29-26(22)24(15-20)28-18-19-10-12-27-13-11-19/h5-15,17,28-29H,3-4,16,18H2,1-2H3. The number of nitrogens with zero attached hydrogens (tertiary/aromatic N) is 2. The molecule has 0 saturated heterocycles. The van der Waals surface area contributed by atoms with Crippen LogP contribution in [0.2, 0.25) is 0 Å². The zero-order chi connectivity index (χ0) is 21.6. The minimum atomic E-state index is 0.156. The minimum Gasteiger partial charge on any atom is -0.379 e. The number of carbonyl (C=O) groups is 1. The van der Waals surface area contributed by atoms with Gasteiger partial charge in [0.15, 0.2) is 0 Å². The van der Waals surface area contributed by atoms with Gasteiger partial charge in [-0.15, -0.1) is 0 Å². The molecular formula is C26H28N4O. The number of rotatable bonds is 8. The summed E-state index contributed by atoms with van der Waals surface area (Å²) in [7, 11) is 0. The molecule has 0 radical (unpaired) electrons. The topological polar surface area (TPSA) is 61.0 Å². The van der Waals surface area contributed by atoms with Crippen LogP contribution in [0.15, 0.2) is 73.1 Å². The average Bonchev–Trinajstić information content (AvgIpc) is 3.24. The first kappa shape index (κ1) is 20.7. The number of carbonyl (C=O) groups excluding carboxylic acids is 1. The highest BCUT2D eigenvalue weighted by atomic mass is 16.2. The summed E-state index contributed by atoms with van der Waals surface area (Å²) in [4.78, 5) is 22.3. The van der Waals surface area contributed by atoms with Crippen LogP contribution in [0.3, 0.4) is 0 Å². The molecule has 0 bridgehead atoms. The Balaban J connectivity index is 1.70. The highest BCUT2D eigenvalue weighted by molar-refractivity contribution is 5.96. The summed E-state index contributed by atoms with van der Waals surface area (Å²) in [5.41, 5.74) is 6.42. The van der Waals surface area contributed by atoms with Crippen LogP contribution in [0.4, 0.5) is 5.69 Å². The average molecular weight is 413 g/mol. The van der Waals surface area contributed by atoms with Crippen LogP contribution in [0.5, 0.6) is 0 Å². The van der Waals surface area contributed by atoms with Gasteiger partial charge >= 0.3 is 0 Å². The Morgan fingerprint density at radius 2 is 1.71 bits per heavy atom. The molecule has 2 heterocycles. The van der Waals surface area contributed by atoms with Gasteiger partial charge < -0.3 is 15.2 Å². The first-order chi connectivity index (χ1) is 15.2. The lowest BCUT2D eigenvalue weighted by Gasteiger charge is -2.19. The van der Waals surface area contributed by atoms with Crippen LogP contribution in [-0.4, -0.2) is 33.9 Å². The van der Waals surface area contributed by atoms with Gasteiger partial charge in [-0.2, -0.15) is 0 Å². The van der Waals surface area contributed by atoms with E-state index in [1.165, 1.54) is 0 Å². The summed E-state index contributed by atoms with van der Waals surface area (Å²) in [5, 5.41) is 4.65. The van der Waals surface area contributed by atoms with Crippen molar-refractivity contribution in [3.05, 3.63) is 84.2 Å². The van der Waals surface area contributed by atoms with Gasteiger partial charge in [0.2, 0.25) is 5.91 Å². The molecule has 0 fully saturated rings. The van der Waals surface area contributed by atoms with Gasteiger partial charge in [0.25, 0.3) is 0 Å². The lowest BCUT2D eigenvalue weighted by Crippen LogP contribution is -2.31. The van der Waals surface area contributed by atoms with Crippen molar-refractivity contribution in [1.82, 2.24) is 14.9 Å². The second kappa shape index (κ2) is 9.47. The Bertz CT molecular complexity index is 1150. The maximum absolute atomic E-state index is 12.7. The summed E-state index contributed by atoms with van der Waals surface area (Å²) in [6.45, 7) is 6.18. The number of pyridine rings is 1. The van der Waals surface area contributed by atoms with E-state index in [0.29, 0.717) is 13.0 Å². The lowest BCUT2D eigenvalue weighted by atomic mass is 10.1. The number of fused-ring (bicyclic) bond motifs is 1. The van der Waals surface area contributed by atoms with E-state index in [4.69, 9.17) is 0 Å². The number of benzene rings is 2. The number of hydrogen-bond donors (Lipinski definition) is 2. The van der Waals surface area contributed by atoms with E-state index >= 15 is 0 Å². The molecule has 0 aliphatic heterocycles. The monoisotopic (exact) mass is 412 g/mol. The largest absolute Gasteiger partial charge is 0.379 e. The quantitative estimate of drug-likeness (QED) is 0.415. The summed E-state index contributed by atoms with van der Waals surface area (Å²) < 4.78 is 0. The molecule has 1 amide bonds. The number of aromatic nitrogens is 2. The summed E-state index contributed by atoms with van der Waals surface area (Å²) in [5.74, 6) is 0.156. The number of amides is 1. The van der Waals surface area contributed by atoms with E-state index in [0.717, 1.165) is 52.1 Å². The SMILES string of the molecule is CCN(CC)C(=O)Cc1cc(NCc2ccncc2)c2[nH]c(-c3ccccc3)cc2c1. The van der Waals surface area contributed by atoms with Crippen molar-refractivity contribution in [2.24, 2.45) is 0 Å². The van der Waals surface area contributed by atoms with Gasteiger partial charge in [-0.25, -0.2) is 0 Å². The van der Waals surface area contributed by atoms with E-state index in [1.54, 1.807) is 12.4 Å². The molecule has 4 aromatic rings. The molecule has 0 saturated carbocycles. The van der Waals surface area contributed by atoms with E-state index in [2.05, 4.69) is 45.6 Å². The molecule has 5 nitrogen and oxygen atoms in total. The van der Waals surface area contributed by atoms with Gasteiger partial charge in [-0.05, 0) is 60.9 Å². The number of likely N-dealkylation sites (N-methyl/N-ethyl adjacent to an activating group) is 1. The molecule has 2 aromatic heterocycles. The Morgan fingerprint density at radius 1 is 0.968 bits per heavy atom. The normalized spacial score (nSPS) is 10.9. The van der Waals surface area contributed by atoms with Gasteiger partial charge in [-0.1, -0.05) is 30.3 Å². The van der Waals surface area contributed by atoms with Crippen molar-refractivity contribution in [3.8, 4) is 11.3 Å². The number of aromatic amines is 1. The fourth-order valence-corrected chi connectivity index (χ4v) is 3.88. The molecule has 0 spiro atoms.